The molecule has 0 saturated heterocycles. The zero-order chi connectivity index (χ0) is 14.3. The van der Waals surface area contributed by atoms with Crippen molar-refractivity contribution in [2.24, 2.45) is 0 Å². The number of rotatable bonds is 8. The Morgan fingerprint density at radius 1 is 1.37 bits per heavy atom. The highest BCUT2D eigenvalue weighted by Crippen LogP contribution is 2.00. The molecule has 7 heteroatoms. The minimum Gasteiger partial charge on any atom is -0.384 e. The quantitative estimate of drug-likeness (QED) is 0.768. The molecule has 0 saturated carbocycles. The third-order valence-corrected chi connectivity index (χ3v) is 4.50. The standard InChI is InChI=1S/C12H21N3O3S/c1-3-6-13-11-9-12(16)15(14-10-11)7-5-8-19(17,18)4-2/h9-10,13H,3-8H2,1-2H3. The third kappa shape index (κ3) is 5.42. The first-order valence-electron chi connectivity index (χ1n) is 6.50. The summed E-state index contributed by atoms with van der Waals surface area (Å²) in [6.07, 6.45) is 2.97. The van der Waals surface area contributed by atoms with Crippen LogP contribution in [0.3, 0.4) is 0 Å². The van der Waals surface area contributed by atoms with Gasteiger partial charge in [-0.25, -0.2) is 13.1 Å². The van der Waals surface area contributed by atoms with Crippen LogP contribution in [0, 0.1) is 0 Å². The van der Waals surface area contributed by atoms with Gasteiger partial charge < -0.3 is 5.32 Å². The summed E-state index contributed by atoms with van der Waals surface area (Å²) in [4.78, 5) is 11.7. The molecule has 1 aromatic heterocycles. The smallest absolute Gasteiger partial charge is 0.268 e. The van der Waals surface area contributed by atoms with Gasteiger partial charge in [0.1, 0.15) is 9.84 Å². The molecule has 0 spiro atoms. The summed E-state index contributed by atoms with van der Waals surface area (Å²) < 4.78 is 24.0. The van der Waals surface area contributed by atoms with Crippen LogP contribution < -0.4 is 10.9 Å². The molecule has 1 heterocycles. The lowest BCUT2D eigenvalue weighted by Crippen LogP contribution is -2.24. The maximum absolute atomic E-state index is 11.7. The van der Waals surface area contributed by atoms with E-state index in [4.69, 9.17) is 0 Å². The van der Waals surface area contributed by atoms with E-state index >= 15 is 0 Å². The molecule has 0 aliphatic carbocycles. The summed E-state index contributed by atoms with van der Waals surface area (Å²) in [6, 6.07) is 1.48. The Kier molecular flexibility index (Phi) is 6.01. The molecule has 0 aromatic carbocycles. The monoisotopic (exact) mass is 287 g/mol. The predicted molar refractivity (Wildman–Crippen MR) is 76.2 cm³/mol. The first kappa shape index (κ1) is 15.7. The van der Waals surface area contributed by atoms with Crippen LogP contribution in [0.1, 0.15) is 26.7 Å². The topological polar surface area (TPSA) is 81.1 Å². The van der Waals surface area contributed by atoms with Crippen LogP contribution in [-0.4, -0.2) is 36.2 Å². The lowest BCUT2D eigenvalue weighted by Gasteiger charge is -2.07. The van der Waals surface area contributed by atoms with Crippen molar-refractivity contribution in [2.75, 3.05) is 23.4 Å². The van der Waals surface area contributed by atoms with E-state index in [0.29, 0.717) is 18.7 Å². The fourth-order valence-corrected chi connectivity index (χ4v) is 2.40. The molecule has 0 amide bonds. The van der Waals surface area contributed by atoms with Crippen LogP contribution in [0.4, 0.5) is 5.69 Å². The van der Waals surface area contributed by atoms with Gasteiger partial charge in [0.2, 0.25) is 0 Å². The lowest BCUT2D eigenvalue weighted by molar-refractivity contribution is 0.555. The SMILES string of the molecule is CCCNc1cnn(CCCS(=O)(=O)CC)c(=O)c1. The third-order valence-electron chi connectivity index (χ3n) is 2.71. The second kappa shape index (κ2) is 7.28. The maximum atomic E-state index is 11.7. The van der Waals surface area contributed by atoms with Crippen molar-refractivity contribution in [1.29, 1.82) is 0 Å². The normalized spacial score (nSPS) is 11.5. The van der Waals surface area contributed by atoms with Gasteiger partial charge in [0.05, 0.1) is 17.6 Å². The number of nitrogens with one attached hydrogen (secondary N) is 1. The van der Waals surface area contributed by atoms with Crippen LogP contribution in [0.5, 0.6) is 0 Å². The van der Waals surface area contributed by atoms with Gasteiger partial charge in [-0.1, -0.05) is 13.8 Å². The Labute approximate surface area is 113 Å². The second-order valence-electron chi connectivity index (χ2n) is 4.32. The van der Waals surface area contributed by atoms with Crippen LogP contribution in [0.15, 0.2) is 17.1 Å². The summed E-state index contributed by atoms with van der Waals surface area (Å²) in [5.74, 6) is 0.225. The van der Waals surface area contributed by atoms with Gasteiger partial charge in [0.25, 0.3) is 5.56 Å². The highest BCUT2D eigenvalue weighted by Gasteiger charge is 2.07. The van der Waals surface area contributed by atoms with Gasteiger partial charge >= 0.3 is 0 Å². The highest BCUT2D eigenvalue weighted by atomic mass is 32.2. The number of aryl methyl sites for hydroxylation is 1. The maximum Gasteiger partial charge on any atom is 0.268 e. The Hall–Kier alpha value is -1.37. The molecule has 1 rings (SSSR count). The van der Waals surface area contributed by atoms with E-state index in [-0.39, 0.29) is 17.1 Å². The zero-order valence-corrected chi connectivity index (χ0v) is 12.2. The van der Waals surface area contributed by atoms with Gasteiger partial charge in [0, 0.05) is 24.9 Å². The van der Waals surface area contributed by atoms with Gasteiger partial charge in [-0.05, 0) is 12.8 Å². The Bertz CT molecular complexity index is 552. The fraction of sp³-hybridized carbons (Fsp3) is 0.667. The van der Waals surface area contributed by atoms with Crippen molar-refractivity contribution in [3.63, 3.8) is 0 Å². The molecule has 19 heavy (non-hydrogen) atoms. The summed E-state index contributed by atoms with van der Waals surface area (Å²) in [6.45, 7) is 4.77. The second-order valence-corrected chi connectivity index (χ2v) is 6.80. The molecular formula is C12H21N3O3S. The molecule has 1 aromatic rings. The summed E-state index contributed by atoms with van der Waals surface area (Å²) in [5.41, 5.74) is 0.485. The average Bonchev–Trinajstić information content (AvgIpc) is 2.38. The molecule has 1 N–H and O–H groups in total. The first-order chi connectivity index (χ1) is 8.98. The van der Waals surface area contributed by atoms with E-state index in [1.54, 1.807) is 13.1 Å². The van der Waals surface area contributed by atoms with Gasteiger partial charge in [-0.3, -0.25) is 4.79 Å². The van der Waals surface area contributed by atoms with Gasteiger partial charge in [-0.2, -0.15) is 5.10 Å². The van der Waals surface area contributed by atoms with Gasteiger partial charge in [0.15, 0.2) is 0 Å². The molecule has 0 radical (unpaired) electrons. The van der Waals surface area contributed by atoms with Crippen LogP contribution >= 0.6 is 0 Å². The molecule has 0 aliphatic heterocycles. The van der Waals surface area contributed by atoms with E-state index in [1.807, 2.05) is 6.92 Å². The summed E-state index contributed by atoms with van der Waals surface area (Å²) in [5, 5.41) is 7.10. The molecule has 0 atom stereocenters. The predicted octanol–water partition coefficient (Wildman–Crippen LogP) is 0.890. The number of anilines is 1. The molecule has 0 aliphatic rings. The summed E-state index contributed by atoms with van der Waals surface area (Å²) >= 11 is 0. The average molecular weight is 287 g/mol. The van der Waals surface area contributed by atoms with E-state index in [9.17, 15) is 13.2 Å². The fourth-order valence-electron chi connectivity index (χ4n) is 1.55. The van der Waals surface area contributed by atoms with Crippen molar-refractivity contribution < 1.29 is 8.42 Å². The van der Waals surface area contributed by atoms with Crippen molar-refractivity contribution in [2.45, 2.75) is 33.2 Å². The number of sulfone groups is 1. The van der Waals surface area contributed by atoms with E-state index in [1.165, 1.54) is 10.7 Å². The molecule has 6 nitrogen and oxygen atoms in total. The van der Waals surface area contributed by atoms with E-state index < -0.39 is 9.84 Å². The Balaban J connectivity index is 2.58. The summed E-state index contributed by atoms with van der Waals surface area (Å²) in [7, 11) is -2.98. The Morgan fingerprint density at radius 3 is 2.68 bits per heavy atom. The highest BCUT2D eigenvalue weighted by molar-refractivity contribution is 7.91. The number of hydrogen-bond donors (Lipinski definition) is 1. The van der Waals surface area contributed by atoms with E-state index in [2.05, 4.69) is 10.4 Å². The van der Waals surface area contributed by atoms with Crippen LogP contribution in [0.2, 0.25) is 0 Å². The minimum absolute atomic E-state index is 0.0907. The number of hydrogen-bond acceptors (Lipinski definition) is 5. The van der Waals surface area contributed by atoms with Gasteiger partial charge in [-0.15, -0.1) is 0 Å². The number of nitrogens with zero attached hydrogens (tertiary/aromatic N) is 2. The molecule has 108 valence electrons. The largest absolute Gasteiger partial charge is 0.384 e. The van der Waals surface area contributed by atoms with E-state index in [0.717, 1.165) is 13.0 Å². The molecule has 0 fully saturated rings. The minimum atomic E-state index is -2.98. The van der Waals surface area contributed by atoms with Crippen LogP contribution in [0.25, 0.3) is 0 Å². The van der Waals surface area contributed by atoms with Crippen molar-refractivity contribution in [1.82, 2.24) is 9.78 Å². The Morgan fingerprint density at radius 2 is 2.11 bits per heavy atom. The molecule has 0 bridgehead atoms. The lowest BCUT2D eigenvalue weighted by atomic mass is 10.4. The zero-order valence-electron chi connectivity index (χ0n) is 11.4. The molecular weight excluding hydrogens is 266 g/mol. The van der Waals surface area contributed by atoms with Crippen LogP contribution in [-0.2, 0) is 16.4 Å². The number of aromatic nitrogens is 2. The van der Waals surface area contributed by atoms with Crippen molar-refractivity contribution in [3.05, 3.63) is 22.6 Å². The van der Waals surface area contributed by atoms with Crippen molar-refractivity contribution in [3.8, 4) is 0 Å². The molecule has 0 unspecified atom stereocenters. The first-order valence-corrected chi connectivity index (χ1v) is 8.32. The van der Waals surface area contributed by atoms with Crippen molar-refractivity contribution >= 4 is 15.5 Å².